The number of hydrogen-bond donors (Lipinski definition) is 3. The van der Waals surface area contributed by atoms with E-state index in [4.69, 9.17) is 4.42 Å². The molecule has 1 aliphatic rings. The molecule has 1 aliphatic heterocycles. The maximum absolute atomic E-state index is 12.5. The Morgan fingerprint density at radius 2 is 1.82 bits per heavy atom. The molecule has 0 saturated carbocycles. The fourth-order valence-corrected chi connectivity index (χ4v) is 4.53. The van der Waals surface area contributed by atoms with E-state index in [1.807, 2.05) is 54.7 Å². The molecular formula is C26H26N4O3. The topological polar surface area (TPSA) is 90.4 Å². The van der Waals surface area contributed by atoms with E-state index in [1.165, 1.54) is 5.56 Å². The predicted molar refractivity (Wildman–Crippen MR) is 127 cm³/mol. The van der Waals surface area contributed by atoms with Crippen LogP contribution in [0.3, 0.4) is 0 Å². The van der Waals surface area contributed by atoms with E-state index in [-0.39, 0.29) is 12.6 Å². The SMILES string of the molecule is O=C(NCCc1c[nH]c2ccccc12)C(=O)NCC(c1ccco1)N1CCc2ccccc21. The molecule has 33 heavy (non-hydrogen) atoms. The first-order chi connectivity index (χ1) is 16.2. The number of anilines is 1. The number of nitrogens with one attached hydrogen (secondary N) is 3. The quantitative estimate of drug-likeness (QED) is 0.383. The highest BCUT2D eigenvalue weighted by Gasteiger charge is 2.29. The van der Waals surface area contributed by atoms with Crippen molar-refractivity contribution in [2.45, 2.75) is 18.9 Å². The molecule has 3 heterocycles. The number of aromatic amines is 1. The van der Waals surface area contributed by atoms with Crippen LogP contribution in [-0.4, -0.2) is 36.4 Å². The van der Waals surface area contributed by atoms with Crippen LogP contribution in [0.25, 0.3) is 10.9 Å². The standard InChI is InChI=1S/C26H26N4O3/c31-25(27-13-11-19-16-28-21-8-3-2-7-20(19)21)26(32)29-17-23(24-10-5-15-33-24)30-14-12-18-6-1-4-9-22(18)30/h1-10,15-16,23,28H,11-14,17H2,(H,27,31)(H,29,32). The predicted octanol–water partition coefficient (Wildman–Crippen LogP) is 3.34. The highest BCUT2D eigenvalue weighted by molar-refractivity contribution is 6.35. The number of rotatable bonds is 7. The van der Waals surface area contributed by atoms with Crippen LogP contribution in [0.1, 0.15) is 22.9 Å². The molecule has 0 spiro atoms. The zero-order chi connectivity index (χ0) is 22.6. The van der Waals surface area contributed by atoms with Crippen LogP contribution in [0, 0.1) is 0 Å². The van der Waals surface area contributed by atoms with Crippen molar-refractivity contribution in [1.29, 1.82) is 0 Å². The van der Waals surface area contributed by atoms with Crippen LogP contribution in [0.4, 0.5) is 5.69 Å². The van der Waals surface area contributed by atoms with Crippen LogP contribution in [0.15, 0.2) is 77.5 Å². The Bertz CT molecular complexity index is 1260. The fourth-order valence-electron chi connectivity index (χ4n) is 4.53. The van der Waals surface area contributed by atoms with E-state index < -0.39 is 11.8 Å². The van der Waals surface area contributed by atoms with E-state index >= 15 is 0 Å². The lowest BCUT2D eigenvalue weighted by Gasteiger charge is -2.29. The summed E-state index contributed by atoms with van der Waals surface area (Å²) in [5.74, 6) is -0.514. The molecule has 0 fully saturated rings. The number of nitrogens with zero attached hydrogens (tertiary/aromatic N) is 1. The minimum Gasteiger partial charge on any atom is -0.467 e. The average Bonchev–Trinajstić information content (AvgIpc) is 3.60. The molecule has 7 heteroatoms. The summed E-state index contributed by atoms with van der Waals surface area (Å²) in [6.45, 7) is 1.49. The highest BCUT2D eigenvalue weighted by atomic mass is 16.3. The first kappa shape index (κ1) is 20.9. The number of furan rings is 1. The smallest absolute Gasteiger partial charge is 0.309 e. The van der Waals surface area contributed by atoms with E-state index in [1.54, 1.807) is 6.26 Å². The Morgan fingerprint density at radius 3 is 2.70 bits per heavy atom. The third-order valence-electron chi connectivity index (χ3n) is 6.19. The number of aromatic nitrogens is 1. The first-order valence-electron chi connectivity index (χ1n) is 11.2. The normalized spacial score (nSPS) is 13.6. The second-order valence-corrected chi connectivity index (χ2v) is 8.18. The van der Waals surface area contributed by atoms with Gasteiger partial charge in [-0.25, -0.2) is 0 Å². The molecule has 1 unspecified atom stereocenters. The van der Waals surface area contributed by atoms with Crippen LogP contribution in [0.2, 0.25) is 0 Å². The van der Waals surface area contributed by atoms with Gasteiger partial charge in [0.2, 0.25) is 0 Å². The zero-order valence-corrected chi connectivity index (χ0v) is 18.2. The number of benzene rings is 2. The van der Waals surface area contributed by atoms with Gasteiger partial charge >= 0.3 is 11.8 Å². The lowest BCUT2D eigenvalue weighted by molar-refractivity contribution is -0.139. The van der Waals surface area contributed by atoms with Crippen molar-refractivity contribution in [3.05, 3.63) is 90.0 Å². The van der Waals surface area contributed by atoms with Gasteiger partial charge in [0.25, 0.3) is 0 Å². The van der Waals surface area contributed by atoms with Crippen molar-refractivity contribution >= 4 is 28.4 Å². The lowest BCUT2D eigenvalue weighted by Crippen LogP contribution is -2.44. The molecule has 0 aliphatic carbocycles. The van der Waals surface area contributed by atoms with Gasteiger partial charge in [0.05, 0.1) is 6.26 Å². The second-order valence-electron chi connectivity index (χ2n) is 8.18. The van der Waals surface area contributed by atoms with Crippen LogP contribution in [0.5, 0.6) is 0 Å². The summed E-state index contributed by atoms with van der Waals surface area (Å²) in [4.78, 5) is 30.3. The summed E-state index contributed by atoms with van der Waals surface area (Å²) >= 11 is 0. The second kappa shape index (κ2) is 9.24. The summed E-state index contributed by atoms with van der Waals surface area (Å²) in [5.41, 5.74) is 4.58. The Labute approximate surface area is 191 Å². The van der Waals surface area contributed by atoms with Crippen molar-refractivity contribution in [3.63, 3.8) is 0 Å². The lowest BCUT2D eigenvalue weighted by atomic mass is 10.1. The Balaban J connectivity index is 1.18. The fraction of sp³-hybridized carbons (Fsp3) is 0.231. The molecule has 2 aromatic carbocycles. The summed E-state index contributed by atoms with van der Waals surface area (Å²) in [5, 5.41) is 6.65. The van der Waals surface area contributed by atoms with Gasteiger partial charge in [-0.3, -0.25) is 9.59 Å². The number of fused-ring (bicyclic) bond motifs is 2. The van der Waals surface area contributed by atoms with E-state index in [9.17, 15) is 9.59 Å². The van der Waals surface area contributed by atoms with Crippen LogP contribution < -0.4 is 15.5 Å². The minimum atomic E-state index is -0.641. The van der Waals surface area contributed by atoms with E-state index in [0.717, 1.165) is 40.9 Å². The summed E-state index contributed by atoms with van der Waals surface area (Å²) in [6.07, 6.45) is 5.15. The molecule has 0 saturated heterocycles. The van der Waals surface area contributed by atoms with Gasteiger partial charge in [-0.1, -0.05) is 36.4 Å². The van der Waals surface area contributed by atoms with Crippen molar-refractivity contribution in [2.75, 3.05) is 24.5 Å². The van der Waals surface area contributed by atoms with Gasteiger partial charge in [0, 0.05) is 42.4 Å². The van der Waals surface area contributed by atoms with Crippen molar-refractivity contribution in [1.82, 2.24) is 15.6 Å². The third-order valence-corrected chi connectivity index (χ3v) is 6.19. The largest absolute Gasteiger partial charge is 0.467 e. The third kappa shape index (κ3) is 4.35. The maximum atomic E-state index is 12.5. The van der Waals surface area contributed by atoms with Gasteiger partial charge in [-0.05, 0) is 48.2 Å². The van der Waals surface area contributed by atoms with Gasteiger partial charge in [-0.2, -0.15) is 0 Å². The van der Waals surface area contributed by atoms with Crippen LogP contribution >= 0.6 is 0 Å². The average molecular weight is 443 g/mol. The van der Waals surface area contributed by atoms with E-state index in [0.29, 0.717) is 13.0 Å². The Morgan fingerprint density at radius 1 is 1.00 bits per heavy atom. The molecule has 2 aromatic heterocycles. The molecule has 0 bridgehead atoms. The summed E-state index contributed by atoms with van der Waals surface area (Å²) < 4.78 is 5.66. The zero-order valence-electron chi connectivity index (χ0n) is 18.2. The summed E-state index contributed by atoms with van der Waals surface area (Å²) in [7, 11) is 0. The molecule has 1 atom stereocenters. The van der Waals surface area contributed by atoms with E-state index in [2.05, 4.69) is 32.7 Å². The molecule has 168 valence electrons. The molecule has 4 aromatic rings. The maximum Gasteiger partial charge on any atom is 0.309 e. The number of carbonyl (C=O) groups is 2. The van der Waals surface area contributed by atoms with Crippen molar-refractivity contribution in [3.8, 4) is 0 Å². The van der Waals surface area contributed by atoms with Gasteiger partial charge in [0.1, 0.15) is 11.8 Å². The molecule has 7 nitrogen and oxygen atoms in total. The number of carbonyl (C=O) groups excluding carboxylic acids is 2. The van der Waals surface area contributed by atoms with Gasteiger partial charge < -0.3 is 24.9 Å². The van der Waals surface area contributed by atoms with Crippen molar-refractivity contribution in [2.24, 2.45) is 0 Å². The first-order valence-corrected chi connectivity index (χ1v) is 11.2. The van der Waals surface area contributed by atoms with Gasteiger partial charge in [-0.15, -0.1) is 0 Å². The Kier molecular flexibility index (Phi) is 5.85. The minimum absolute atomic E-state index is 0.188. The number of hydrogen-bond acceptors (Lipinski definition) is 4. The molecule has 0 radical (unpaired) electrons. The van der Waals surface area contributed by atoms with Crippen LogP contribution in [-0.2, 0) is 22.4 Å². The highest BCUT2D eigenvalue weighted by Crippen LogP contribution is 2.34. The number of para-hydroxylation sites is 2. The number of amides is 2. The molecule has 2 amide bonds. The molecular weight excluding hydrogens is 416 g/mol. The number of H-pyrrole nitrogens is 1. The van der Waals surface area contributed by atoms with Gasteiger partial charge in [0.15, 0.2) is 0 Å². The summed E-state index contributed by atoms with van der Waals surface area (Å²) in [6, 6.07) is 19.8. The Hall–Kier alpha value is -4.00. The monoisotopic (exact) mass is 442 g/mol. The molecule has 5 rings (SSSR count). The molecule has 3 N–H and O–H groups in total. The van der Waals surface area contributed by atoms with Crippen molar-refractivity contribution < 1.29 is 14.0 Å².